The van der Waals surface area contributed by atoms with E-state index in [1.54, 1.807) is 0 Å². The fraction of sp³-hybridized carbons (Fsp3) is 0.625. The van der Waals surface area contributed by atoms with Gasteiger partial charge in [-0.25, -0.2) is 0 Å². The largest absolute Gasteiger partial charge is 0.465 e. The Balaban J connectivity index is 1.98. The Morgan fingerprint density at radius 1 is 0.923 bits per heavy atom. The van der Waals surface area contributed by atoms with Gasteiger partial charge < -0.3 is 9.47 Å². The third-order valence-corrected chi connectivity index (χ3v) is 3.13. The molecule has 5 heteroatoms. The third kappa shape index (κ3) is 0.620. The first kappa shape index (κ1) is 7.06. The summed E-state index contributed by atoms with van der Waals surface area (Å²) in [5, 5.41) is 0. The van der Waals surface area contributed by atoms with Crippen molar-refractivity contribution in [2.75, 3.05) is 6.61 Å². The van der Waals surface area contributed by atoms with Crippen molar-refractivity contribution in [1.82, 2.24) is 0 Å². The highest BCUT2D eigenvalue weighted by Crippen LogP contribution is 2.54. The maximum Gasteiger partial charge on any atom is 0.318 e. The molecular formula is C8H6O5. The number of carbonyl (C=O) groups is 3. The second kappa shape index (κ2) is 1.92. The van der Waals surface area contributed by atoms with Gasteiger partial charge in [-0.05, 0) is 0 Å². The van der Waals surface area contributed by atoms with Crippen LogP contribution in [-0.2, 0) is 23.9 Å². The summed E-state index contributed by atoms with van der Waals surface area (Å²) in [6, 6.07) is 0. The molecule has 2 heterocycles. The minimum absolute atomic E-state index is 0.114. The molecule has 2 saturated heterocycles. The van der Waals surface area contributed by atoms with E-state index >= 15 is 0 Å². The minimum atomic E-state index is -0.560. The van der Waals surface area contributed by atoms with Crippen molar-refractivity contribution in [1.29, 1.82) is 0 Å². The molecule has 1 aliphatic carbocycles. The van der Waals surface area contributed by atoms with Crippen LogP contribution in [0, 0.1) is 23.7 Å². The molecule has 13 heavy (non-hydrogen) atoms. The molecule has 5 nitrogen and oxygen atoms in total. The first-order chi connectivity index (χ1) is 6.20. The van der Waals surface area contributed by atoms with Gasteiger partial charge in [-0.1, -0.05) is 0 Å². The lowest BCUT2D eigenvalue weighted by Gasteiger charge is -2.35. The predicted octanol–water partition coefficient (Wildman–Crippen LogP) is -0.895. The van der Waals surface area contributed by atoms with E-state index in [0.29, 0.717) is 0 Å². The quantitative estimate of drug-likeness (QED) is 0.359. The summed E-state index contributed by atoms with van der Waals surface area (Å²) >= 11 is 0. The lowest BCUT2D eigenvalue weighted by Crippen LogP contribution is -2.49. The number of cyclic esters (lactones) is 3. The van der Waals surface area contributed by atoms with Crippen molar-refractivity contribution < 1.29 is 23.9 Å². The average molecular weight is 182 g/mol. The lowest BCUT2D eigenvalue weighted by atomic mass is 9.59. The van der Waals surface area contributed by atoms with E-state index in [1.165, 1.54) is 0 Å². The molecule has 0 bridgehead atoms. The van der Waals surface area contributed by atoms with Crippen LogP contribution in [0.2, 0.25) is 0 Å². The highest BCUT2D eigenvalue weighted by atomic mass is 16.6. The summed E-state index contributed by atoms with van der Waals surface area (Å²) in [4.78, 5) is 33.3. The minimum Gasteiger partial charge on any atom is -0.465 e. The first-order valence-corrected chi connectivity index (χ1v) is 4.12. The molecular weight excluding hydrogens is 176 g/mol. The van der Waals surface area contributed by atoms with Gasteiger partial charge in [-0.2, -0.15) is 0 Å². The highest BCUT2D eigenvalue weighted by Gasteiger charge is 2.69. The fourth-order valence-corrected chi connectivity index (χ4v) is 2.49. The van der Waals surface area contributed by atoms with Crippen molar-refractivity contribution in [2.45, 2.75) is 0 Å². The SMILES string of the molecule is O=C1OCC2C1C1C(=O)OC(=O)C21. The van der Waals surface area contributed by atoms with E-state index in [4.69, 9.17) is 4.74 Å². The lowest BCUT2D eigenvalue weighted by molar-refractivity contribution is -0.155. The van der Waals surface area contributed by atoms with E-state index in [9.17, 15) is 14.4 Å². The van der Waals surface area contributed by atoms with Crippen LogP contribution in [0.1, 0.15) is 0 Å². The molecule has 2 aliphatic heterocycles. The molecule has 3 rings (SSSR count). The third-order valence-electron chi connectivity index (χ3n) is 3.13. The van der Waals surface area contributed by atoms with Crippen molar-refractivity contribution >= 4 is 17.9 Å². The van der Waals surface area contributed by atoms with Gasteiger partial charge in [0.25, 0.3) is 0 Å². The van der Waals surface area contributed by atoms with Crippen molar-refractivity contribution in [3.05, 3.63) is 0 Å². The van der Waals surface area contributed by atoms with Crippen LogP contribution >= 0.6 is 0 Å². The Bertz CT molecular complexity index is 327. The molecule has 0 aromatic heterocycles. The fourth-order valence-electron chi connectivity index (χ4n) is 2.49. The van der Waals surface area contributed by atoms with Gasteiger partial charge in [0.15, 0.2) is 0 Å². The zero-order chi connectivity index (χ0) is 9.16. The van der Waals surface area contributed by atoms with E-state index in [2.05, 4.69) is 4.74 Å². The molecule has 4 unspecified atom stereocenters. The zero-order valence-corrected chi connectivity index (χ0v) is 6.56. The number of ether oxygens (including phenoxy) is 2. The summed E-state index contributed by atoms with van der Waals surface area (Å²) in [7, 11) is 0. The van der Waals surface area contributed by atoms with Crippen LogP contribution in [0.3, 0.4) is 0 Å². The molecule has 1 saturated carbocycles. The Labute approximate surface area is 73.0 Å². The molecule has 3 fully saturated rings. The molecule has 0 N–H and O–H groups in total. The second-order valence-electron chi connectivity index (χ2n) is 3.61. The van der Waals surface area contributed by atoms with Crippen LogP contribution in [0.15, 0.2) is 0 Å². The molecule has 0 aromatic carbocycles. The smallest absolute Gasteiger partial charge is 0.318 e. The van der Waals surface area contributed by atoms with Gasteiger partial charge >= 0.3 is 17.9 Å². The monoisotopic (exact) mass is 182 g/mol. The number of carbonyl (C=O) groups excluding carboxylic acids is 3. The summed E-state index contributed by atoms with van der Waals surface area (Å²) in [5.74, 6) is -2.90. The maximum absolute atomic E-state index is 11.1. The van der Waals surface area contributed by atoms with Gasteiger partial charge in [-0.15, -0.1) is 0 Å². The molecule has 3 aliphatic rings. The van der Waals surface area contributed by atoms with Crippen molar-refractivity contribution in [3.63, 3.8) is 0 Å². The van der Waals surface area contributed by atoms with E-state index in [0.717, 1.165) is 0 Å². The van der Waals surface area contributed by atoms with Crippen molar-refractivity contribution in [3.8, 4) is 0 Å². The number of rotatable bonds is 0. The Hall–Kier alpha value is -1.39. The van der Waals surface area contributed by atoms with Gasteiger partial charge in [0.05, 0.1) is 24.4 Å². The molecule has 4 atom stereocenters. The van der Waals surface area contributed by atoms with Crippen LogP contribution in [-0.4, -0.2) is 24.5 Å². The number of hydrogen-bond acceptors (Lipinski definition) is 5. The average Bonchev–Trinajstić information content (AvgIpc) is 2.37. The van der Waals surface area contributed by atoms with Gasteiger partial charge in [-0.3, -0.25) is 14.4 Å². The number of fused-ring (bicyclic) bond motifs is 4. The molecule has 0 aromatic rings. The maximum atomic E-state index is 11.1. The van der Waals surface area contributed by atoms with Gasteiger partial charge in [0.1, 0.15) is 0 Å². The topological polar surface area (TPSA) is 69.7 Å². The Morgan fingerprint density at radius 2 is 1.54 bits per heavy atom. The summed E-state index contributed by atoms with van der Waals surface area (Å²) in [6.45, 7) is 0.257. The van der Waals surface area contributed by atoms with E-state index in [1.807, 2.05) is 0 Å². The van der Waals surface area contributed by atoms with E-state index < -0.39 is 29.7 Å². The van der Waals surface area contributed by atoms with Crippen LogP contribution in [0.25, 0.3) is 0 Å². The standard InChI is InChI=1S/C8H6O5/c9-6-3-2(1-12-6)4-5(3)8(11)13-7(4)10/h2-5H,1H2. The Kier molecular flexibility index (Phi) is 1.04. The molecule has 0 amide bonds. The Morgan fingerprint density at radius 3 is 2.31 bits per heavy atom. The zero-order valence-electron chi connectivity index (χ0n) is 6.56. The van der Waals surface area contributed by atoms with Crippen molar-refractivity contribution in [2.24, 2.45) is 23.7 Å². The second-order valence-corrected chi connectivity index (χ2v) is 3.61. The predicted molar refractivity (Wildman–Crippen MR) is 36.0 cm³/mol. The number of hydrogen-bond donors (Lipinski definition) is 0. The van der Waals surface area contributed by atoms with E-state index in [-0.39, 0.29) is 18.5 Å². The van der Waals surface area contributed by atoms with Crippen LogP contribution in [0.5, 0.6) is 0 Å². The summed E-state index contributed by atoms with van der Waals surface area (Å²) in [5.41, 5.74) is 0. The first-order valence-electron chi connectivity index (χ1n) is 4.12. The molecule has 0 spiro atoms. The summed E-state index contributed by atoms with van der Waals surface area (Å²) < 4.78 is 9.22. The highest BCUT2D eigenvalue weighted by molar-refractivity contribution is 6.02. The number of esters is 3. The molecule has 0 radical (unpaired) electrons. The summed E-state index contributed by atoms with van der Waals surface area (Å²) in [6.07, 6.45) is 0. The molecule has 68 valence electrons. The van der Waals surface area contributed by atoms with Gasteiger partial charge in [0, 0.05) is 5.92 Å². The van der Waals surface area contributed by atoms with Crippen LogP contribution in [0.4, 0.5) is 0 Å². The van der Waals surface area contributed by atoms with Crippen LogP contribution < -0.4 is 0 Å². The van der Waals surface area contributed by atoms with Gasteiger partial charge in [0.2, 0.25) is 0 Å². The normalized spacial score (nSPS) is 46.3.